The van der Waals surface area contributed by atoms with Crippen LogP contribution in [0.4, 0.5) is 31.9 Å². The summed E-state index contributed by atoms with van der Waals surface area (Å²) in [6.45, 7) is 3.37. The summed E-state index contributed by atoms with van der Waals surface area (Å²) < 4.78 is 27.7. The summed E-state index contributed by atoms with van der Waals surface area (Å²) in [5.74, 6) is -2.94. The second-order valence-corrected chi connectivity index (χ2v) is 11.0. The van der Waals surface area contributed by atoms with Gasteiger partial charge in [0.15, 0.2) is 0 Å². The molecule has 2 aromatic rings. The van der Waals surface area contributed by atoms with Gasteiger partial charge in [-0.1, -0.05) is 15.9 Å². The fraction of sp³-hybridized carbons (Fsp3) is 0.542. The van der Waals surface area contributed by atoms with Crippen LogP contribution in [0.5, 0.6) is 0 Å². The number of halogens is 3. The summed E-state index contributed by atoms with van der Waals surface area (Å²) in [5.41, 5.74) is 1.14. The summed E-state index contributed by atoms with van der Waals surface area (Å²) in [6, 6.07) is 4.63. The molecule has 3 heterocycles. The largest absolute Gasteiger partial charge is 0.371 e. The maximum atomic E-state index is 13.6. The Bertz CT molecular complexity index is 1200. The molecule has 1 spiro atoms. The maximum absolute atomic E-state index is 13.6. The van der Waals surface area contributed by atoms with E-state index < -0.39 is 16.8 Å². The van der Waals surface area contributed by atoms with Crippen molar-refractivity contribution in [3.8, 4) is 0 Å². The van der Waals surface area contributed by atoms with E-state index in [1.54, 1.807) is 24.0 Å². The van der Waals surface area contributed by atoms with Gasteiger partial charge in [-0.15, -0.1) is 0 Å². The van der Waals surface area contributed by atoms with E-state index in [-0.39, 0.29) is 48.9 Å². The van der Waals surface area contributed by atoms with Crippen molar-refractivity contribution < 1.29 is 18.5 Å². The third-order valence-electron chi connectivity index (χ3n) is 7.47. The van der Waals surface area contributed by atoms with Gasteiger partial charge in [-0.05, 0) is 44.1 Å². The molecule has 0 unspecified atom stereocenters. The molecule has 0 radical (unpaired) electrons. The molecule has 3 fully saturated rings. The van der Waals surface area contributed by atoms with E-state index in [1.807, 2.05) is 4.90 Å². The zero-order valence-electron chi connectivity index (χ0n) is 19.9. The lowest BCUT2D eigenvalue weighted by atomic mass is 9.93. The maximum Gasteiger partial charge on any atom is 0.285 e. The lowest BCUT2D eigenvalue weighted by Crippen LogP contribution is -2.40. The quantitative estimate of drug-likeness (QED) is 0.386. The predicted molar refractivity (Wildman–Crippen MR) is 135 cm³/mol. The van der Waals surface area contributed by atoms with Crippen LogP contribution in [0, 0.1) is 22.5 Å². The number of hydrogen-bond donors (Lipinski definition) is 1. The molecule has 2 aliphatic heterocycles. The Labute approximate surface area is 215 Å². The highest BCUT2D eigenvalue weighted by Crippen LogP contribution is 2.54. The van der Waals surface area contributed by atoms with Crippen LogP contribution in [0.25, 0.3) is 0 Å². The molecule has 1 aromatic heterocycles. The molecule has 1 N–H and O–H groups in total. The minimum Gasteiger partial charge on any atom is -0.371 e. The number of nitro benzene ring substituents is 1. The van der Waals surface area contributed by atoms with Crippen LogP contribution in [-0.2, 0) is 0 Å². The van der Waals surface area contributed by atoms with E-state index in [0.29, 0.717) is 21.3 Å². The normalized spacial score (nSPS) is 20.3. The number of piperidine rings is 2. The van der Waals surface area contributed by atoms with Crippen molar-refractivity contribution in [2.75, 3.05) is 41.3 Å². The van der Waals surface area contributed by atoms with Gasteiger partial charge in [0.25, 0.3) is 17.5 Å². The van der Waals surface area contributed by atoms with Crippen molar-refractivity contribution in [3.63, 3.8) is 0 Å². The lowest BCUT2D eigenvalue weighted by molar-refractivity contribution is -0.385. The van der Waals surface area contributed by atoms with Gasteiger partial charge in [0, 0.05) is 61.3 Å². The summed E-state index contributed by atoms with van der Waals surface area (Å²) >= 11 is 3.36. The number of hydrogen-bond acceptors (Lipinski definition) is 7. The Kier molecular flexibility index (Phi) is 6.34. The molecular formula is C24H27BrF2N6O3. The second-order valence-electron chi connectivity index (χ2n) is 10.1. The molecule has 1 saturated carbocycles. The Morgan fingerprint density at radius 3 is 2.28 bits per heavy atom. The van der Waals surface area contributed by atoms with Gasteiger partial charge in [0.05, 0.1) is 10.6 Å². The first kappa shape index (κ1) is 24.8. The summed E-state index contributed by atoms with van der Waals surface area (Å²) in [5, 5.41) is 14.6. The van der Waals surface area contributed by atoms with Gasteiger partial charge in [0.1, 0.15) is 11.4 Å². The number of aromatic nitrogens is 2. The van der Waals surface area contributed by atoms with E-state index >= 15 is 0 Å². The Balaban J connectivity index is 1.43. The number of aryl methyl sites for hydroxylation is 1. The topological polar surface area (TPSA) is 104 Å². The van der Waals surface area contributed by atoms with Crippen LogP contribution < -0.4 is 15.1 Å². The number of anilines is 3. The van der Waals surface area contributed by atoms with Gasteiger partial charge < -0.3 is 15.1 Å². The smallest absolute Gasteiger partial charge is 0.285 e. The molecule has 3 aliphatic rings. The molecule has 0 atom stereocenters. The van der Waals surface area contributed by atoms with Gasteiger partial charge in [-0.2, -0.15) is 4.98 Å². The zero-order valence-corrected chi connectivity index (χ0v) is 21.5. The van der Waals surface area contributed by atoms with E-state index in [0.717, 1.165) is 25.9 Å². The first-order valence-electron chi connectivity index (χ1n) is 12.1. The summed E-state index contributed by atoms with van der Waals surface area (Å²) in [7, 11) is 0. The molecule has 192 valence electrons. The monoisotopic (exact) mass is 564 g/mol. The first-order valence-corrected chi connectivity index (χ1v) is 12.9. The minimum absolute atomic E-state index is 0.0228. The van der Waals surface area contributed by atoms with Crippen LogP contribution in [0.3, 0.4) is 0 Å². The van der Waals surface area contributed by atoms with Crippen molar-refractivity contribution in [1.29, 1.82) is 0 Å². The average Bonchev–Trinajstić information content (AvgIpc) is 3.57. The standard InChI is InChI=1S/C24H27BrF2N6O3/c1-15-12-19(30-22(28-15)32-10-6-24(26,27)7-11-32)29-21(34)20-17(13-16(25)14-18(20)33(35)36)31-8-4-23(2-3-23)5-9-31/h12-14H,2-11H2,1H3,(H,28,29,30,34). The zero-order chi connectivity index (χ0) is 25.7. The van der Waals surface area contributed by atoms with Crippen LogP contribution in [0.15, 0.2) is 22.7 Å². The van der Waals surface area contributed by atoms with Gasteiger partial charge in [0.2, 0.25) is 5.95 Å². The van der Waals surface area contributed by atoms with Crippen LogP contribution >= 0.6 is 15.9 Å². The van der Waals surface area contributed by atoms with Crippen LogP contribution in [0.2, 0.25) is 0 Å². The fourth-order valence-corrected chi connectivity index (χ4v) is 5.51. The molecule has 36 heavy (non-hydrogen) atoms. The highest BCUT2D eigenvalue weighted by atomic mass is 79.9. The van der Waals surface area contributed by atoms with E-state index in [4.69, 9.17) is 0 Å². The Morgan fingerprint density at radius 2 is 1.67 bits per heavy atom. The highest BCUT2D eigenvalue weighted by Gasteiger charge is 2.45. The molecular weight excluding hydrogens is 538 g/mol. The van der Waals surface area contributed by atoms with Crippen molar-refractivity contribution >= 4 is 45.0 Å². The van der Waals surface area contributed by atoms with Crippen molar-refractivity contribution in [1.82, 2.24) is 9.97 Å². The fourth-order valence-electron chi connectivity index (χ4n) is 5.07. The number of nitro groups is 1. The number of carbonyl (C=O) groups excluding carboxylic acids is 1. The Morgan fingerprint density at radius 1 is 1.03 bits per heavy atom. The third kappa shape index (κ3) is 5.14. The van der Waals surface area contributed by atoms with Gasteiger partial charge in [-0.3, -0.25) is 14.9 Å². The molecule has 2 saturated heterocycles. The predicted octanol–water partition coefficient (Wildman–Crippen LogP) is 5.32. The van der Waals surface area contributed by atoms with Gasteiger partial charge in [-0.25, -0.2) is 13.8 Å². The third-order valence-corrected chi connectivity index (χ3v) is 7.93. The first-order chi connectivity index (χ1) is 17.0. The number of benzene rings is 1. The molecule has 1 amide bonds. The Hall–Kier alpha value is -2.89. The number of carbonyl (C=O) groups is 1. The molecule has 9 nitrogen and oxygen atoms in total. The van der Waals surface area contributed by atoms with Crippen LogP contribution in [0.1, 0.15) is 54.6 Å². The number of rotatable bonds is 5. The molecule has 1 aromatic carbocycles. The van der Waals surface area contributed by atoms with Crippen molar-refractivity contribution in [2.24, 2.45) is 5.41 Å². The summed E-state index contributed by atoms with van der Waals surface area (Å²) in [4.78, 5) is 37.3. The second kappa shape index (κ2) is 9.20. The van der Waals surface area contributed by atoms with Crippen LogP contribution in [-0.4, -0.2) is 52.9 Å². The number of nitrogens with one attached hydrogen (secondary N) is 1. The number of amides is 1. The van der Waals surface area contributed by atoms with Crippen molar-refractivity contribution in [3.05, 3.63) is 44.0 Å². The van der Waals surface area contributed by atoms with E-state index in [2.05, 4.69) is 31.2 Å². The molecule has 0 bridgehead atoms. The SMILES string of the molecule is Cc1cc(NC(=O)c2c(N3CCC4(CC3)CC4)cc(Br)cc2[N+](=O)[O-])nc(N2CCC(F)(F)CC2)n1. The molecule has 5 rings (SSSR count). The number of alkyl halides is 2. The highest BCUT2D eigenvalue weighted by molar-refractivity contribution is 9.10. The molecule has 12 heteroatoms. The van der Waals surface area contributed by atoms with E-state index in [1.165, 1.54) is 18.9 Å². The minimum atomic E-state index is -2.71. The van der Waals surface area contributed by atoms with Gasteiger partial charge >= 0.3 is 0 Å². The van der Waals surface area contributed by atoms with Crippen molar-refractivity contribution in [2.45, 2.75) is 51.4 Å². The summed E-state index contributed by atoms with van der Waals surface area (Å²) in [6.07, 6.45) is 3.85. The lowest BCUT2D eigenvalue weighted by Gasteiger charge is -2.34. The molecule has 1 aliphatic carbocycles. The van der Waals surface area contributed by atoms with E-state index in [9.17, 15) is 23.7 Å². The number of nitrogens with zero attached hydrogens (tertiary/aromatic N) is 5. The average molecular weight is 565 g/mol.